The number of fused-ring (bicyclic) bond motifs is 2. The Morgan fingerprint density at radius 3 is 2.90 bits per heavy atom. The Balaban J connectivity index is 1.32. The SMILES string of the molecule is N#CN1CC2CC(NC(=O)c3cc(-c4cnccc4Sc4ccc(F)cc4)[nH]n3)C1C2. The third-order valence-electron chi connectivity index (χ3n) is 5.85. The molecular weight excluding hydrogens is 415 g/mol. The molecule has 2 bridgehead atoms. The number of amides is 1. The van der Waals surface area contributed by atoms with Gasteiger partial charge in [-0.3, -0.25) is 14.9 Å². The zero-order valence-corrected chi connectivity index (χ0v) is 17.3. The second-order valence-corrected chi connectivity index (χ2v) is 8.95. The van der Waals surface area contributed by atoms with Crippen LogP contribution in [0.25, 0.3) is 11.3 Å². The minimum Gasteiger partial charge on any atom is -0.346 e. The zero-order valence-electron chi connectivity index (χ0n) is 16.5. The van der Waals surface area contributed by atoms with Crippen LogP contribution in [0.3, 0.4) is 0 Å². The number of benzene rings is 1. The van der Waals surface area contributed by atoms with Crippen LogP contribution in [-0.2, 0) is 0 Å². The summed E-state index contributed by atoms with van der Waals surface area (Å²) in [6.07, 6.45) is 7.47. The molecule has 1 aromatic carbocycles. The van der Waals surface area contributed by atoms with Crippen LogP contribution < -0.4 is 5.32 Å². The molecule has 2 fully saturated rings. The number of H-pyrrole nitrogens is 1. The molecule has 3 aromatic rings. The van der Waals surface area contributed by atoms with Crippen molar-refractivity contribution >= 4 is 17.7 Å². The Hall–Kier alpha value is -3.38. The maximum atomic E-state index is 13.2. The van der Waals surface area contributed by atoms with E-state index >= 15 is 0 Å². The largest absolute Gasteiger partial charge is 0.346 e. The van der Waals surface area contributed by atoms with E-state index in [-0.39, 0.29) is 23.8 Å². The molecule has 1 amide bonds. The normalized spacial score (nSPS) is 21.8. The van der Waals surface area contributed by atoms with Crippen molar-refractivity contribution in [2.45, 2.75) is 34.7 Å². The molecule has 0 spiro atoms. The quantitative estimate of drug-likeness (QED) is 0.597. The molecule has 0 radical (unpaired) electrons. The van der Waals surface area contributed by atoms with Gasteiger partial charge in [0, 0.05) is 34.3 Å². The van der Waals surface area contributed by atoms with Gasteiger partial charge >= 0.3 is 0 Å². The van der Waals surface area contributed by atoms with Gasteiger partial charge in [0.15, 0.2) is 11.9 Å². The van der Waals surface area contributed by atoms with Gasteiger partial charge in [-0.25, -0.2) is 4.39 Å². The van der Waals surface area contributed by atoms with Crippen LogP contribution in [0.5, 0.6) is 0 Å². The van der Waals surface area contributed by atoms with Crippen molar-refractivity contribution < 1.29 is 9.18 Å². The molecule has 7 nitrogen and oxygen atoms in total. The zero-order chi connectivity index (χ0) is 21.4. The molecule has 3 heterocycles. The van der Waals surface area contributed by atoms with Crippen LogP contribution in [0.2, 0.25) is 0 Å². The first-order chi connectivity index (χ1) is 15.1. The topological polar surface area (TPSA) is 97.7 Å². The molecule has 3 atom stereocenters. The van der Waals surface area contributed by atoms with Gasteiger partial charge in [-0.1, -0.05) is 11.8 Å². The van der Waals surface area contributed by atoms with Gasteiger partial charge in [0.05, 0.1) is 17.8 Å². The van der Waals surface area contributed by atoms with Crippen molar-refractivity contribution in [3.8, 4) is 17.5 Å². The van der Waals surface area contributed by atoms with E-state index in [1.54, 1.807) is 35.5 Å². The van der Waals surface area contributed by atoms with E-state index in [1.807, 2.05) is 6.07 Å². The monoisotopic (exact) mass is 434 g/mol. The molecule has 5 rings (SSSR count). The number of aromatic nitrogens is 3. The summed E-state index contributed by atoms with van der Waals surface area (Å²) < 4.78 is 13.2. The number of hydrogen-bond acceptors (Lipinski definition) is 6. The lowest BCUT2D eigenvalue weighted by atomic mass is 10.1. The lowest BCUT2D eigenvalue weighted by Gasteiger charge is -2.29. The van der Waals surface area contributed by atoms with Crippen LogP contribution in [0.4, 0.5) is 4.39 Å². The molecule has 1 aliphatic carbocycles. The summed E-state index contributed by atoms with van der Waals surface area (Å²) >= 11 is 1.48. The van der Waals surface area contributed by atoms with E-state index in [4.69, 9.17) is 0 Å². The van der Waals surface area contributed by atoms with Gasteiger partial charge in [-0.15, -0.1) is 0 Å². The number of aromatic amines is 1. The second kappa shape index (κ2) is 8.04. The molecule has 156 valence electrons. The van der Waals surface area contributed by atoms with Crippen molar-refractivity contribution in [3.05, 3.63) is 60.3 Å². The number of likely N-dealkylation sites (tertiary alicyclic amines) is 1. The third kappa shape index (κ3) is 3.86. The number of nitrogens with zero attached hydrogens (tertiary/aromatic N) is 4. The maximum absolute atomic E-state index is 13.2. The van der Waals surface area contributed by atoms with Crippen molar-refractivity contribution in [1.82, 2.24) is 25.4 Å². The van der Waals surface area contributed by atoms with Gasteiger partial charge in [0.2, 0.25) is 0 Å². The number of nitrogens with one attached hydrogen (secondary N) is 2. The molecule has 2 aromatic heterocycles. The summed E-state index contributed by atoms with van der Waals surface area (Å²) in [5.41, 5.74) is 1.77. The minimum absolute atomic E-state index is 0.0333. The molecule has 1 saturated carbocycles. The first-order valence-corrected chi connectivity index (χ1v) is 10.8. The lowest BCUT2D eigenvalue weighted by Crippen LogP contribution is -2.48. The summed E-state index contributed by atoms with van der Waals surface area (Å²) in [6.45, 7) is 0.787. The van der Waals surface area contributed by atoms with E-state index in [0.717, 1.165) is 34.7 Å². The molecular formula is C22H19FN6OS. The number of rotatable bonds is 5. The van der Waals surface area contributed by atoms with Gasteiger partial charge in [-0.2, -0.15) is 10.4 Å². The summed E-state index contributed by atoms with van der Waals surface area (Å²) in [5, 5.41) is 19.4. The second-order valence-electron chi connectivity index (χ2n) is 7.83. The molecule has 31 heavy (non-hydrogen) atoms. The maximum Gasteiger partial charge on any atom is 0.272 e. The van der Waals surface area contributed by atoms with Gasteiger partial charge in [0.1, 0.15) is 5.82 Å². The number of hydrogen-bond donors (Lipinski definition) is 2. The Morgan fingerprint density at radius 1 is 1.29 bits per heavy atom. The number of piperidine rings is 1. The number of nitriles is 1. The number of pyridine rings is 1. The number of carbonyl (C=O) groups is 1. The van der Waals surface area contributed by atoms with Crippen LogP contribution in [0.1, 0.15) is 23.3 Å². The highest BCUT2D eigenvalue weighted by Gasteiger charge is 2.45. The number of carbonyl (C=O) groups excluding carboxylic acids is 1. The number of halogens is 1. The molecule has 1 aliphatic heterocycles. The smallest absolute Gasteiger partial charge is 0.272 e. The standard InChI is InChI=1S/C22H19FN6OS/c23-14-1-3-15(4-2-14)31-21-5-6-25-10-16(21)17-9-19(28-27-17)22(30)26-18-7-13-8-20(18)29(11-13)12-24/h1-6,9-10,13,18,20H,7-8,11H2,(H,26,30)(H,27,28). The van der Waals surface area contributed by atoms with E-state index in [0.29, 0.717) is 17.3 Å². The van der Waals surface area contributed by atoms with E-state index in [9.17, 15) is 14.4 Å². The summed E-state index contributed by atoms with van der Waals surface area (Å²) in [7, 11) is 0. The highest BCUT2D eigenvalue weighted by Crippen LogP contribution is 2.38. The summed E-state index contributed by atoms with van der Waals surface area (Å²) in [4.78, 5) is 20.5. The fraction of sp³-hybridized carbons (Fsp3) is 0.273. The van der Waals surface area contributed by atoms with Crippen molar-refractivity contribution in [3.63, 3.8) is 0 Å². The fourth-order valence-electron chi connectivity index (χ4n) is 4.42. The van der Waals surface area contributed by atoms with Gasteiger partial charge < -0.3 is 10.2 Å². The first kappa shape index (κ1) is 19.6. The van der Waals surface area contributed by atoms with Crippen molar-refractivity contribution in [2.75, 3.05) is 6.54 Å². The summed E-state index contributed by atoms with van der Waals surface area (Å²) in [6, 6.07) is 9.90. The average Bonchev–Trinajstić information content (AvgIpc) is 3.51. The van der Waals surface area contributed by atoms with Gasteiger partial charge in [0.25, 0.3) is 5.91 Å². The van der Waals surface area contributed by atoms with E-state index < -0.39 is 0 Å². The van der Waals surface area contributed by atoms with Crippen LogP contribution in [0.15, 0.2) is 58.6 Å². The molecule has 2 aliphatic rings. The van der Waals surface area contributed by atoms with Crippen molar-refractivity contribution in [1.29, 1.82) is 5.26 Å². The van der Waals surface area contributed by atoms with Gasteiger partial charge in [-0.05, 0) is 55.2 Å². The third-order valence-corrected chi connectivity index (χ3v) is 6.93. The highest BCUT2D eigenvalue weighted by molar-refractivity contribution is 7.99. The predicted octanol–water partition coefficient (Wildman–Crippen LogP) is 3.44. The van der Waals surface area contributed by atoms with Crippen molar-refractivity contribution in [2.24, 2.45) is 5.92 Å². The fourth-order valence-corrected chi connectivity index (χ4v) is 5.34. The minimum atomic E-state index is -0.281. The molecule has 1 saturated heterocycles. The Kier molecular flexibility index (Phi) is 5.08. The van der Waals surface area contributed by atoms with E-state index in [2.05, 4.69) is 26.7 Å². The Bertz CT molecular complexity index is 1160. The molecule has 3 unspecified atom stereocenters. The predicted molar refractivity (Wildman–Crippen MR) is 112 cm³/mol. The van der Waals surface area contributed by atoms with Crippen LogP contribution >= 0.6 is 11.8 Å². The highest BCUT2D eigenvalue weighted by atomic mass is 32.2. The molecule has 9 heteroatoms. The average molecular weight is 435 g/mol. The van der Waals surface area contributed by atoms with Crippen LogP contribution in [0, 0.1) is 23.2 Å². The first-order valence-electron chi connectivity index (χ1n) is 10.0. The summed E-state index contributed by atoms with van der Waals surface area (Å²) in [5.74, 6) is -0.0717. The molecule has 2 N–H and O–H groups in total. The van der Waals surface area contributed by atoms with E-state index in [1.165, 1.54) is 23.9 Å². The van der Waals surface area contributed by atoms with Crippen LogP contribution in [-0.4, -0.2) is 44.6 Å². The Labute approximate surface area is 182 Å². The Morgan fingerprint density at radius 2 is 2.13 bits per heavy atom. The lowest BCUT2D eigenvalue weighted by molar-refractivity contribution is 0.0907.